The Morgan fingerprint density at radius 3 is 2.24 bits per heavy atom. The van der Waals surface area contributed by atoms with Crippen LogP contribution in [0.25, 0.3) is 6.08 Å². The first kappa shape index (κ1) is 15.1. The van der Waals surface area contributed by atoms with Gasteiger partial charge in [-0.05, 0) is 47.7 Å². The molecule has 0 saturated heterocycles. The first-order valence-electron chi connectivity index (χ1n) is 7.02. The fraction of sp³-hybridized carbons (Fsp3) is 0.278. The summed E-state index contributed by atoms with van der Waals surface area (Å²) in [5.74, 6) is 2.05. The van der Waals surface area contributed by atoms with Crippen molar-refractivity contribution >= 4 is 6.08 Å². The molecule has 0 amide bonds. The molecule has 0 bridgehead atoms. The lowest BCUT2D eigenvalue weighted by molar-refractivity contribution is 0.393. The van der Waals surface area contributed by atoms with E-state index in [4.69, 9.17) is 9.47 Å². The topological polar surface area (TPSA) is 31.4 Å². The van der Waals surface area contributed by atoms with E-state index in [0.29, 0.717) is 5.92 Å². The van der Waals surface area contributed by atoms with E-state index in [0.717, 1.165) is 17.9 Å². The highest BCUT2D eigenvalue weighted by Gasteiger charge is 2.08. The summed E-state index contributed by atoms with van der Waals surface area (Å²) in [5, 5.41) is 0. The third kappa shape index (κ3) is 4.35. The normalized spacial score (nSPS) is 12.3. The van der Waals surface area contributed by atoms with E-state index in [2.05, 4.69) is 36.2 Å². The molecular weight excluding hydrogens is 262 g/mol. The molecule has 1 aromatic heterocycles. The van der Waals surface area contributed by atoms with Crippen LogP contribution in [0.15, 0.2) is 48.8 Å². The molecule has 1 heterocycles. The van der Waals surface area contributed by atoms with Crippen molar-refractivity contribution < 1.29 is 9.47 Å². The van der Waals surface area contributed by atoms with E-state index in [-0.39, 0.29) is 0 Å². The number of nitrogens with zero attached hydrogens (tertiary/aromatic N) is 1. The van der Waals surface area contributed by atoms with E-state index in [9.17, 15) is 0 Å². The summed E-state index contributed by atoms with van der Waals surface area (Å²) in [5.41, 5.74) is 2.38. The van der Waals surface area contributed by atoms with Gasteiger partial charge in [0.15, 0.2) is 0 Å². The smallest absolute Gasteiger partial charge is 0.122 e. The predicted molar refractivity (Wildman–Crippen MR) is 85.8 cm³/mol. The van der Waals surface area contributed by atoms with Crippen LogP contribution in [0.4, 0.5) is 0 Å². The Balaban J connectivity index is 2.06. The number of benzene rings is 1. The third-order valence-electron chi connectivity index (χ3n) is 3.45. The summed E-state index contributed by atoms with van der Waals surface area (Å²) in [6.07, 6.45) is 8.87. The van der Waals surface area contributed by atoms with Crippen LogP contribution in [0.3, 0.4) is 0 Å². The van der Waals surface area contributed by atoms with Crippen molar-refractivity contribution in [2.45, 2.75) is 19.3 Å². The van der Waals surface area contributed by atoms with Gasteiger partial charge in [-0.15, -0.1) is 0 Å². The third-order valence-corrected chi connectivity index (χ3v) is 3.45. The zero-order valence-electron chi connectivity index (χ0n) is 12.7. The second-order valence-corrected chi connectivity index (χ2v) is 4.97. The number of ether oxygens (including phenoxy) is 2. The molecule has 1 unspecified atom stereocenters. The second kappa shape index (κ2) is 7.48. The molecule has 2 rings (SSSR count). The van der Waals surface area contributed by atoms with Gasteiger partial charge in [-0.1, -0.05) is 19.1 Å². The highest BCUT2D eigenvalue weighted by atomic mass is 16.5. The Bertz CT molecular complexity index is 571. The number of methoxy groups -OCH3 is 2. The molecule has 3 heteroatoms. The number of hydrogen-bond acceptors (Lipinski definition) is 3. The molecule has 21 heavy (non-hydrogen) atoms. The summed E-state index contributed by atoms with van der Waals surface area (Å²) < 4.78 is 10.6. The number of pyridine rings is 1. The number of rotatable bonds is 6. The first-order valence-corrected chi connectivity index (χ1v) is 7.02. The van der Waals surface area contributed by atoms with Crippen LogP contribution in [0, 0.1) is 0 Å². The average Bonchev–Trinajstić information content (AvgIpc) is 2.55. The van der Waals surface area contributed by atoms with Crippen LogP contribution < -0.4 is 9.47 Å². The van der Waals surface area contributed by atoms with E-state index in [1.807, 2.05) is 18.2 Å². The van der Waals surface area contributed by atoms with Crippen molar-refractivity contribution in [1.29, 1.82) is 0 Å². The van der Waals surface area contributed by atoms with Crippen LogP contribution in [0.1, 0.15) is 30.4 Å². The Morgan fingerprint density at radius 2 is 1.67 bits per heavy atom. The lowest BCUT2D eigenvalue weighted by atomic mass is 9.97. The quantitative estimate of drug-likeness (QED) is 0.791. The summed E-state index contributed by atoms with van der Waals surface area (Å²) in [7, 11) is 3.35. The van der Waals surface area contributed by atoms with Crippen molar-refractivity contribution in [3.8, 4) is 11.5 Å². The number of allylic oxidation sites excluding steroid dienone is 1. The van der Waals surface area contributed by atoms with Crippen molar-refractivity contribution in [3.05, 3.63) is 59.9 Å². The maximum absolute atomic E-state index is 5.32. The minimum absolute atomic E-state index is 0.395. The maximum Gasteiger partial charge on any atom is 0.122 e. The highest BCUT2D eigenvalue weighted by molar-refractivity contribution is 5.48. The van der Waals surface area contributed by atoms with Gasteiger partial charge in [0.25, 0.3) is 0 Å². The van der Waals surface area contributed by atoms with Crippen LogP contribution in [0.5, 0.6) is 11.5 Å². The fourth-order valence-corrected chi connectivity index (χ4v) is 2.13. The fourth-order valence-electron chi connectivity index (χ4n) is 2.13. The molecular formula is C18H21NO2. The lowest BCUT2D eigenvalue weighted by Gasteiger charge is -2.13. The molecule has 0 saturated carbocycles. The van der Waals surface area contributed by atoms with Gasteiger partial charge in [0, 0.05) is 18.5 Å². The molecule has 0 spiro atoms. The maximum atomic E-state index is 5.32. The Kier molecular flexibility index (Phi) is 5.38. The first-order chi connectivity index (χ1) is 10.2. The van der Waals surface area contributed by atoms with Crippen LogP contribution in [-0.2, 0) is 0 Å². The molecule has 1 atom stereocenters. The van der Waals surface area contributed by atoms with Crippen LogP contribution in [0.2, 0.25) is 0 Å². The van der Waals surface area contributed by atoms with Crippen LogP contribution in [-0.4, -0.2) is 19.2 Å². The van der Waals surface area contributed by atoms with Crippen molar-refractivity contribution in [2.75, 3.05) is 14.2 Å². The van der Waals surface area contributed by atoms with Crippen molar-refractivity contribution in [2.24, 2.45) is 0 Å². The molecule has 0 aliphatic heterocycles. The van der Waals surface area contributed by atoms with Gasteiger partial charge >= 0.3 is 0 Å². The SMILES string of the molecule is COc1cc(OC)cc(C(C)C/C=C\c2ccncc2)c1. The second-order valence-electron chi connectivity index (χ2n) is 4.97. The van der Waals surface area contributed by atoms with Gasteiger partial charge in [0.05, 0.1) is 14.2 Å². The van der Waals surface area contributed by atoms with E-state index >= 15 is 0 Å². The molecule has 3 nitrogen and oxygen atoms in total. The van der Waals surface area contributed by atoms with Gasteiger partial charge in [0.1, 0.15) is 11.5 Å². The predicted octanol–water partition coefficient (Wildman–Crippen LogP) is 4.31. The zero-order chi connectivity index (χ0) is 15.1. The summed E-state index contributed by atoms with van der Waals surface area (Å²) in [4.78, 5) is 4.01. The highest BCUT2D eigenvalue weighted by Crippen LogP contribution is 2.29. The van der Waals surface area contributed by atoms with Gasteiger partial charge in [0.2, 0.25) is 0 Å². The molecule has 0 N–H and O–H groups in total. The van der Waals surface area contributed by atoms with Gasteiger partial charge in [-0.2, -0.15) is 0 Å². The van der Waals surface area contributed by atoms with E-state index in [1.165, 1.54) is 11.1 Å². The monoisotopic (exact) mass is 283 g/mol. The summed E-state index contributed by atoms with van der Waals surface area (Å²) in [6.45, 7) is 2.20. The summed E-state index contributed by atoms with van der Waals surface area (Å²) in [6, 6.07) is 10.0. The Morgan fingerprint density at radius 1 is 1.05 bits per heavy atom. The molecule has 0 aliphatic rings. The van der Waals surface area contributed by atoms with Crippen molar-refractivity contribution in [1.82, 2.24) is 4.98 Å². The Labute approximate surface area is 126 Å². The van der Waals surface area contributed by atoms with E-state index < -0.39 is 0 Å². The molecule has 0 radical (unpaired) electrons. The lowest BCUT2D eigenvalue weighted by Crippen LogP contribution is -1.95. The minimum atomic E-state index is 0.395. The van der Waals surface area contributed by atoms with Gasteiger partial charge in [-0.25, -0.2) is 0 Å². The molecule has 2 aromatic rings. The minimum Gasteiger partial charge on any atom is -0.497 e. The average molecular weight is 283 g/mol. The van der Waals surface area contributed by atoms with Crippen molar-refractivity contribution in [3.63, 3.8) is 0 Å². The number of aromatic nitrogens is 1. The van der Waals surface area contributed by atoms with Crippen LogP contribution >= 0.6 is 0 Å². The molecule has 0 aliphatic carbocycles. The summed E-state index contributed by atoms with van der Waals surface area (Å²) >= 11 is 0. The van der Waals surface area contributed by atoms with E-state index in [1.54, 1.807) is 26.6 Å². The molecule has 1 aromatic carbocycles. The molecule has 110 valence electrons. The Hall–Kier alpha value is -2.29. The zero-order valence-corrected chi connectivity index (χ0v) is 12.7. The van der Waals surface area contributed by atoms with Gasteiger partial charge in [-0.3, -0.25) is 4.98 Å². The molecule has 0 fully saturated rings. The standard InChI is InChI=1S/C18H21NO2/c1-14(5-4-6-15-7-9-19-10-8-15)16-11-17(20-2)13-18(12-16)21-3/h4,6-14H,5H2,1-3H3/b6-4-. The van der Waals surface area contributed by atoms with Gasteiger partial charge < -0.3 is 9.47 Å². The largest absolute Gasteiger partial charge is 0.497 e. The number of hydrogen-bond donors (Lipinski definition) is 0.